The zero-order valence-electron chi connectivity index (χ0n) is 15.2. The van der Waals surface area contributed by atoms with Crippen molar-refractivity contribution >= 4 is 27.4 Å². The van der Waals surface area contributed by atoms with E-state index in [1.807, 2.05) is 13.8 Å². The van der Waals surface area contributed by atoms with Gasteiger partial charge < -0.3 is 5.32 Å². The van der Waals surface area contributed by atoms with Crippen molar-refractivity contribution in [2.24, 2.45) is 0 Å². The maximum absolute atomic E-state index is 12.6. The molecule has 0 atom stereocenters. The van der Waals surface area contributed by atoms with E-state index in [1.54, 1.807) is 36.4 Å². The zero-order valence-corrected chi connectivity index (χ0v) is 16.1. The van der Waals surface area contributed by atoms with Gasteiger partial charge in [0, 0.05) is 18.3 Å². The number of sulfonamides is 1. The van der Waals surface area contributed by atoms with Gasteiger partial charge in [0.25, 0.3) is 0 Å². The Morgan fingerprint density at radius 2 is 1.62 bits per heavy atom. The van der Waals surface area contributed by atoms with E-state index in [0.29, 0.717) is 11.3 Å². The monoisotopic (exact) mass is 374 g/mol. The standard InChI is InChI=1S/C19H22N2O4S/c1-13-5-10-18(11-14(13)2)26(24,25)21(4)12-19(23)20-17-8-6-16(7-9-17)15(3)22/h5-11H,12H2,1-4H3,(H,20,23). The first-order valence-electron chi connectivity index (χ1n) is 8.05. The van der Waals surface area contributed by atoms with E-state index in [0.717, 1.165) is 15.4 Å². The molecule has 2 aromatic carbocycles. The lowest BCUT2D eigenvalue weighted by atomic mass is 10.1. The Morgan fingerprint density at radius 1 is 1.00 bits per heavy atom. The van der Waals surface area contributed by atoms with E-state index in [9.17, 15) is 18.0 Å². The van der Waals surface area contributed by atoms with Gasteiger partial charge in [-0.3, -0.25) is 9.59 Å². The Morgan fingerprint density at radius 3 is 2.15 bits per heavy atom. The van der Waals surface area contributed by atoms with Gasteiger partial charge in [0.2, 0.25) is 15.9 Å². The first-order chi connectivity index (χ1) is 12.1. The van der Waals surface area contributed by atoms with Gasteiger partial charge in [-0.2, -0.15) is 4.31 Å². The van der Waals surface area contributed by atoms with Gasteiger partial charge in [0.1, 0.15) is 0 Å². The minimum absolute atomic E-state index is 0.0675. The highest BCUT2D eigenvalue weighted by molar-refractivity contribution is 7.89. The molecule has 0 spiro atoms. The van der Waals surface area contributed by atoms with E-state index in [1.165, 1.54) is 20.0 Å². The first-order valence-corrected chi connectivity index (χ1v) is 9.49. The largest absolute Gasteiger partial charge is 0.325 e. The van der Waals surface area contributed by atoms with Crippen LogP contribution in [-0.2, 0) is 14.8 Å². The summed E-state index contributed by atoms with van der Waals surface area (Å²) in [6.45, 7) is 4.88. The summed E-state index contributed by atoms with van der Waals surface area (Å²) >= 11 is 0. The molecule has 1 amide bonds. The van der Waals surface area contributed by atoms with Gasteiger partial charge in [-0.15, -0.1) is 0 Å². The normalized spacial score (nSPS) is 11.4. The number of ketones is 1. The van der Waals surface area contributed by atoms with E-state index in [4.69, 9.17) is 0 Å². The fourth-order valence-corrected chi connectivity index (χ4v) is 3.54. The van der Waals surface area contributed by atoms with Crippen molar-refractivity contribution in [3.8, 4) is 0 Å². The van der Waals surface area contributed by atoms with E-state index in [2.05, 4.69) is 5.32 Å². The van der Waals surface area contributed by atoms with Crippen LogP contribution < -0.4 is 5.32 Å². The highest BCUT2D eigenvalue weighted by atomic mass is 32.2. The van der Waals surface area contributed by atoms with Crippen LogP contribution in [0.5, 0.6) is 0 Å². The van der Waals surface area contributed by atoms with Crippen LogP contribution in [-0.4, -0.2) is 38.0 Å². The molecule has 0 saturated carbocycles. The molecule has 6 nitrogen and oxygen atoms in total. The fourth-order valence-electron chi connectivity index (χ4n) is 2.33. The summed E-state index contributed by atoms with van der Waals surface area (Å²) in [6.07, 6.45) is 0. The first kappa shape index (κ1) is 19.8. The number of benzene rings is 2. The molecule has 0 aromatic heterocycles. The number of Topliss-reactive ketones (excluding diaryl/α,β-unsaturated/α-hetero) is 1. The van der Waals surface area contributed by atoms with Gasteiger partial charge in [-0.1, -0.05) is 6.07 Å². The number of carbonyl (C=O) groups is 2. The van der Waals surface area contributed by atoms with Crippen molar-refractivity contribution < 1.29 is 18.0 Å². The van der Waals surface area contributed by atoms with Crippen LogP contribution in [0.3, 0.4) is 0 Å². The molecule has 0 radical (unpaired) electrons. The van der Waals surface area contributed by atoms with Crippen LogP contribution in [0.15, 0.2) is 47.4 Å². The molecule has 0 aliphatic carbocycles. The highest BCUT2D eigenvalue weighted by Crippen LogP contribution is 2.18. The molecule has 0 saturated heterocycles. The number of rotatable bonds is 6. The van der Waals surface area contributed by atoms with E-state index >= 15 is 0 Å². The van der Waals surface area contributed by atoms with E-state index < -0.39 is 15.9 Å². The second kappa shape index (κ2) is 7.80. The topological polar surface area (TPSA) is 83.6 Å². The lowest BCUT2D eigenvalue weighted by molar-refractivity contribution is -0.116. The highest BCUT2D eigenvalue weighted by Gasteiger charge is 2.23. The second-order valence-corrected chi connectivity index (χ2v) is 8.23. The summed E-state index contributed by atoms with van der Waals surface area (Å²) in [6, 6.07) is 11.3. The van der Waals surface area contributed by atoms with Gasteiger partial charge >= 0.3 is 0 Å². The number of hydrogen-bond donors (Lipinski definition) is 1. The quantitative estimate of drug-likeness (QED) is 0.788. The fraction of sp³-hybridized carbons (Fsp3) is 0.263. The van der Waals surface area contributed by atoms with Crippen LogP contribution in [0.4, 0.5) is 5.69 Å². The molecule has 2 rings (SSSR count). The van der Waals surface area contributed by atoms with Gasteiger partial charge in [-0.05, 0) is 68.3 Å². The molecular weight excluding hydrogens is 352 g/mol. The summed E-state index contributed by atoms with van der Waals surface area (Å²) < 4.78 is 26.2. The number of amides is 1. The third-order valence-corrected chi connectivity index (χ3v) is 5.93. The molecule has 2 aromatic rings. The molecule has 26 heavy (non-hydrogen) atoms. The van der Waals surface area contributed by atoms with Crippen LogP contribution in [0.2, 0.25) is 0 Å². The zero-order chi connectivity index (χ0) is 19.5. The lowest BCUT2D eigenvalue weighted by Crippen LogP contribution is -2.35. The Hall–Kier alpha value is -2.51. The smallest absolute Gasteiger partial charge is 0.243 e. The average molecular weight is 374 g/mol. The summed E-state index contributed by atoms with van der Waals surface area (Å²) in [7, 11) is -2.39. The van der Waals surface area contributed by atoms with Crippen molar-refractivity contribution in [3.05, 3.63) is 59.2 Å². The minimum atomic E-state index is -3.76. The molecular formula is C19H22N2O4S. The molecule has 0 aliphatic heterocycles. The predicted octanol–water partition coefficient (Wildman–Crippen LogP) is 2.77. The summed E-state index contributed by atoms with van der Waals surface area (Å²) in [4.78, 5) is 23.6. The van der Waals surface area contributed by atoms with Crippen molar-refractivity contribution in [1.82, 2.24) is 4.31 Å². The second-order valence-electron chi connectivity index (χ2n) is 6.19. The van der Waals surface area contributed by atoms with Crippen LogP contribution in [0, 0.1) is 13.8 Å². The Balaban J connectivity index is 2.07. The third-order valence-electron chi connectivity index (χ3n) is 4.13. The lowest BCUT2D eigenvalue weighted by Gasteiger charge is -2.17. The molecule has 0 bridgehead atoms. The molecule has 0 fully saturated rings. The Labute approximate surface area is 153 Å². The number of nitrogens with zero attached hydrogens (tertiary/aromatic N) is 1. The van der Waals surface area contributed by atoms with Crippen LogP contribution >= 0.6 is 0 Å². The molecule has 1 N–H and O–H groups in total. The van der Waals surface area contributed by atoms with E-state index in [-0.39, 0.29) is 17.2 Å². The number of hydrogen-bond acceptors (Lipinski definition) is 4. The molecule has 138 valence electrons. The number of likely N-dealkylation sites (N-methyl/N-ethyl adjacent to an activating group) is 1. The SMILES string of the molecule is CC(=O)c1ccc(NC(=O)CN(C)S(=O)(=O)c2ccc(C)c(C)c2)cc1. The third kappa shape index (κ3) is 4.56. The minimum Gasteiger partial charge on any atom is -0.325 e. The average Bonchev–Trinajstić information content (AvgIpc) is 2.57. The Bertz CT molecular complexity index is 935. The number of nitrogens with one attached hydrogen (secondary N) is 1. The molecule has 7 heteroatoms. The number of aryl methyl sites for hydroxylation is 2. The summed E-state index contributed by atoms with van der Waals surface area (Å²) in [5.74, 6) is -0.530. The summed E-state index contributed by atoms with van der Waals surface area (Å²) in [5.41, 5.74) is 2.90. The van der Waals surface area contributed by atoms with Gasteiger partial charge in [-0.25, -0.2) is 8.42 Å². The van der Waals surface area contributed by atoms with Gasteiger partial charge in [0.05, 0.1) is 11.4 Å². The van der Waals surface area contributed by atoms with Crippen molar-refractivity contribution in [2.75, 3.05) is 18.9 Å². The van der Waals surface area contributed by atoms with Crippen molar-refractivity contribution in [3.63, 3.8) is 0 Å². The van der Waals surface area contributed by atoms with Crippen molar-refractivity contribution in [2.45, 2.75) is 25.7 Å². The number of anilines is 1. The molecule has 0 aliphatic rings. The summed E-state index contributed by atoms with van der Waals surface area (Å²) in [5, 5.41) is 2.63. The number of carbonyl (C=O) groups excluding carboxylic acids is 2. The van der Waals surface area contributed by atoms with Crippen LogP contribution in [0.1, 0.15) is 28.4 Å². The maximum Gasteiger partial charge on any atom is 0.243 e. The maximum atomic E-state index is 12.6. The molecule has 0 unspecified atom stereocenters. The predicted molar refractivity (Wildman–Crippen MR) is 101 cm³/mol. The van der Waals surface area contributed by atoms with Crippen LogP contribution in [0.25, 0.3) is 0 Å². The van der Waals surface area contributed by atoms with Crippen molar-refractivity contribution in [1.29, 1.82) is 0 Å². The Kier molecular flexibility index (Phi) is 5.94. The molecule has 0 heterocycles. The van der Waals surface area contributed by atoms with Gasteiger partial charge in [0.15, 0.2) is 5.78 Å².